The average Bonchev–Trinajstić information content (AvgIpc) is 2.33. The number of nitrogens with zero attached hydrogens (tertiary/aromatic N) is 3. The number of piperidine rings is 1. The molecule has 1 aliphatic rings. The first-order valence-corrected chi connectivity index (χ1v) is 7.14. The topological polar surface area (TPSA) is 53.1 Å². The maximum Gasteiger partial charge on any atom is 0.132 e. The summed E-state index contributed by atoms with van der Waals surface area (Å²) in [5.74, 6) is 2.64. The van der Waals surface area contributed by atoms with E-state index in [1.54, 1.807) is 0 Å². The third kappa shape index (κ3) is 3.80. The maximum atomic E-state index is 4.48. The molecule has 0 bridgehead atoms. The van der Waals surface area contributed by atoms with E-state index in [0.717, 1.165) is 37.0 Å². The molecule has 1 aromatic rings. The lowest BCUT2D eigenvalue weighted by Gasteiger charge is -2.35. The molecule has 1 fully saturated rings. The summed E-state index contributed by atoms with van der Waals surface area (Å²) in [5.41, 5.74) is 0. The van der Waals surface area contributed by atoms with Gasteiger partial charge in [0.05, 0.1) is 0 Å². The second kappa shape index (κ2) is 6.19. The van der Waals surface area contributed by atoms with Crippen LogP contribution in [0.5, 0.6) is 0 Å². The van der Waals surface area contributed by atoms with Gasteiger partial charge in [0.15, 0.2) is 0 Å². The minimum absolute atomic E-state index is 0.509. The van der Waals surface area contributed by atoms with Crippen LogP contribution in [0.3, 0.4) is 0 Å². The molecule has 19 heavy (non-hydrogen) atoms. The van der Waals surface area contributed by atoms with E-state index in [-0.39, 0.29) is 0 Å². The third-order valence-corrected chi connectivity index (χ3v) is 3.76. The number of rotatable bonds is 4. The summed E-state index contributed by atoms with van der Waals surface area (Å²) >= 11 is 0. The molecule has 2 heterocycles. The molecular weight excluding hydrogens is 238 g/mol. The highest BCUT2D eigenvalue weighted by molar-refractivity contribution is 5.48. The van der Waals surface area contributed by atoms with E-state index in [4.69, 9.17) is 0 Å². The summed E-state index contributed by atoms with van der Waals surface area (Å²) < 4.78 is 0. The normalized spacial score (nSPS) is 24.2. The SMILES string of the molecule is CCNc1cc(NC2CCN(C)C(C)C2)nc(C)n1. The monoisotopic (exact) mass is 263 g/mol. The van der Waals surface area contributed by atoms with E-state index in [2.05, 4.69) is 46.4 Å². The molecule has 0 spiro atoms. The lowest BCUT2D eigenvalue weighted by Crippen LogP contribution is -2.42. The molecule has 0 aliphatic carbocycles. The molecule has 1 saturated heterocycles. The van der Waals surface area contributed by atoms with Gasteiger partial charge in [0, 0.05) is 31.2 Å². The fourth-order valence-corrected chi connectivity index (χ4v) is 2.54. The van der Waals surface area contributed by atoms with Crippen molar-refractivity contribution in [3.63, 3.8) is 0 Å². The lowest BCUT2D eigenvalue weighted by atomic mass is 9.99. The summed E-state index contributed by atoms with van der Waals surface area (Å²) in [5, 5.41) is 6.80. The fraction of sp³-hybridized carbons (Fsp3) is 0.714. The molecule has 2 rings (SSSR count). The molecule has 1 aromatic heterocycles. The van der Waals surface area contributed by atoms with Crippen molar-refractivity contribution in [1.29, 1.82) is 0 Å². The average molecular weight is 263 g/mol. The Morgan fingerprint density at radius 3 is 2.79 bits per heavy atom. The smallest absolute Gasteiger partial charge is 0.132 e. The van der Waals surface area contributed by atoms with Gasteiger partial charge in [0.25, 0.3) is 0 Å². The molecule has 2 N–H and O–H groups in total. The molecule has 1 aliphatic heterocycles. The maximum absolute atomic E-state index is 4.48. The zero-order chi connectivity index (χ0) is 13.8. The van der Waals surface area contributed by atoms with Gasteiger partial charge < -0.3 is 15.5 Å². The number of aryl methyl sites for hydroxylation is 1. The second-order valence-electron chi connectivity index (χ2n) is 5.41. The van der Waals surface area contributed by atoms with E-state index in [0.29, 0.717) is 12.1 Å². The van der Waals surface area contributed by atoms with Gasteiger partial charge in [-0.05, 0) is 40.7 Å². The summed E-state index contributed by atoms with van der Waals surface area (Å²) in [7, 11) is 2.19. The van der Waals surface area contributed by atoms with Crippen molar-refractivity contribution in [2.24, 2.45) is 0 Å². The molecule has 5 nitrogen and oxygen atoms in total. The van der Waals surface area contributed by atoms with E-state index >= 15 is 0 Å². The van der Waals surface area contributed by atoms with Crippen LogP contribution >= 0.6 is 0 Å². The van der Waals surface area contributed by atoms with Crippen molar-refractivity contribution < 1.29 is 0 Å². The quantitative estimate of drug-likeness (QED) is 0.871. The highest BCUT2D eigenvalue weighted by atomic mass is 15.2. The molecule has 106 valence electrons. The van der Waals surface area contributed by atoms with Gasteiger partial charge in [-0.2, -0.15) is 0 Å². The number of nitrogens with one attached hydrogen (secondary N) is 2. The first-order chi connectivity index (χ1) is 9.08. The summed E-state index contributed by atoms with van der Waals surface area (Å²) in [6.07, 6.45) is 2.33. The van der Waals surface area contributed by atoms with Crippen molar-refractivity contribution in [3.05, 3.63) is 11.9 Å². The van der Waals surface area contributed by atoms with Crippen LogP contribution in [0.25, 0.3) is 0 Å². The Morgan fingerprint density at radius 1 is 1.37 bits per heavy atom. The van der Waals surface area contributed by atoms with E-state index in [9.17, 15) is 0 Å². The Bertz CT molecular complexity index is 420. The predicted octanol–water partition coefficient (Wildman–Crippen LogP) is 2.11. The Labute approximate surface area is 115 Å². The lowest BCUT2D eigenvalue weighted by molar-refractivity contribution is 0.190. The van der Waals surface area contributed by atoms with Crippen molar-refractivity contribution in [3.8, 4) is 0 Å². The largest absolute Gasteiger partial charge is 0.370 e. The van der Waals surface area contributed by atoms with Crippen LogP contribution in [0.4, 0.5) is 11.6 Å². The van der Waals surface area contributed by atoms with Gasteiger partial charge in [-0.15, -0.1) is 0 Å². The highest BCUT2D eigenvalue weighted by Crippen LogP contribution is 2.20. The van der Waals surface area contributed by atoms with Crippen LogP contribution in [-0.2, 0) is 0 Å². The van der Waals surface area contributed by atoms with Crippen LogP contribution in [0, 0.1) is 6.92 Å². The van der Waals surface area contributed by atoms with Gasteiger partial charge >= 0.3 is 0 Å². The van der Waals surface area contributed by atoms with Crippen LogP contribution in [-0.4, -0.2) is 47.1 Å². The molecular formula is C14H25N5. The molecule has 2 atom stereocenters. The third-order valence-electron chi connectivity index (χ3n) is 3.76. The Hall–Kier alpha value is -1.36. The van der Waals surface area contributed by atoms with E-state index in [1.165, 1.54) is 6.42 Å². The van der Waals surface area contributed by atoms with Gasteiger partial charge in [-0.25, -0.2) is 9.97 Å². The Kier molecular flexibility index (Phi) is 4.58. The minimum Gasteiger partial charge on any atom is -0.370 e. The number of aromatic nitrogens is 2. The van der Waals surface area contributed by atoms with Crippen LogP contribution in [0.15, 0.2) is 6.07 Å². The number of hydrogen-bond donors (Lipinski definition) is 2. The van der Waals surface area contributed by atoms with Crippen molar-refractivity contribution in [1.82, 2.24) is 14.9 Å². The van der Waals surface area contributed by atoms with Crippen molar-refractivity contribution in [2.75, 3.05) is 30.8 Å². The van der Waals surface area contributed by atoms with Crippen molar-refractivity contribution >= 4 is 11.6 Å². The van der Waals surface area contributed by atoms with E-state index < -0.39 is 0 Å². The first kappa shape index (κ1) is 14.1. The number of hydrogen-bond acceptors (Lipinski definition) is 5. The zero-order valence-electron chi connectivity index (χ0n) is 12.4. The molecule has 0 saturated carbocycles. The summed E-state index contributed by atoms with van der Waals surface area (Å²) in [4.78, 5) is 11.3. The Balaban J connectivity index is 2.02. The van der Waals surface area contributed by atoms with Gasteiger partial charge in [0.1, 0.15) is 17.5 Å². The molecule has 5 heteroatoms. The molecule has 0 amide bonds. The predicted molar refractivity (Wildman–Crippen MR) is 79.7 cm³/mol. The fourth-order valence-electron chi connectivity index (χ4n) is 2.54. The summed E-state index contributed by atoms with van der Waals surface area (Å²) in [6, 6.07) is 3.14. The van der Waals surface area contributed by atoms with Crippen LogP contribution in [0.1, 0.15) is 32.5 Å². The van der Waals surface area contributed by atoms with Gasteiger partial charge in [0.2, 0.25) is 0 Å². The first-order valence-electron chi connectivity index (χ1n) is 7.14. The molecule has 0 radical (unpaired) electrons. The van der Waals surface area contributed by atoms with Crippen molar-refractivity contribution in [2.45, 2.75) is 45.7 Å². The van der Waals surface area contributed by atoms with E-state index in [1.807, 2.05) is 13.0 Å². The standard InChI is InChI=1S/C14H25N5/c1-5-15-13-9-14(17-11(3)16-13)18-12-6-7-19(4)10(2)8-12/h9-10,12H,5-8H2,1-4H3,(H2,15,16,17,18). The van der Waals surface area contributed by atoms with Crippen LogP contribution in [0.2, 0.25) is 0 Å². The minimum atomic E-state index is 0.509. The zero-order valence-corrected chi connectivity index (χ0v) is 12.4. The number of anilines is 2. The molecule has 0 aromatic carbocycles. The summed E-state index contributed by atoms with van der Waals surface area (Å²) in [6.45, 7) is 8.31. The second-order valence-corrected chi connectivity index (χ2v) is 5.41. The van der Waals surface area contributed by atoms with Gasteiger partial charge in [-0.1, -0.05) is 0 Å². The number of likely N-dealkylation sites (tertiary alicyclic amines) is 1. The molecule has 2 unspecified atom stereocenters. The van der Waals surface area contributed by atoms with Gasteiger partial charge in [-0.3, -0.25) is 0 Å². The highest BCUT2D eigenvalue weighted by Gasteiger charge is 2.22. The Morgan fingerprint density at radius 2 is 2.11 bits per heavy atom. The van der Waals surface area contributed by atoms with Crippen LogP contribution < -0.4 is 10.6 Å².